The molecule has 0 amide bonds. The summed E-state index contributed by atoms with van der Waals surface area (Å²) < 4.78 is 13.3. The van der Waals surface area contributed by atoms with Crippen molar-refractivity contribution in [2.24, 2.45) is 5.73 Å². The minimum Gasteiger partial charge on any atom is -0.320 e. The first-order chi connectivity index (χ1) is 9.65. The fraction of sp³-hybridized carbons (Fsp3) is 0.125. The minimum absolute atomic E-state index is 0.217. The SMILES string of the molecule is Cc1cc(C(N)c2ccc3nccnc3c2)ccc1F. The van der Waals surface area contributed by atoms with Gasteiger partial charge in [0.25, 0.3) is 0 Å². The average molecular weight is 267 g/mol. The number of aryl methyl sites for hydroxylation is 1. The second-order valence-corrected chi connectivity index (χ2v) is 4.79. The molecular weight excluding hydrogens is 253 g/mol. The van der Waals surface area contributed by atoms with Crippen LogP contribution in [0.3, 0.4) is 0 Å². The molecule has 0 radical (unpaired) electrons. The van der Waals surface area contributed by atoms with Crippen molar-refractivity contribution in [3.63, 3.8) is 0 Å². The molecule has 20 heavy (non-hydrogen) atoms. The Labute approximate surface area is 116 Å². The van der Waals surface area contributed by atoms with Crippen LogP contribution < -0.4 is 5.73 Å². The fourth-order valence-corrected chi connectivity index (χ4v) is 2.23. The lowest BCUT2D eigenvalue weighted by atomic mass is 9.97. The van der Waals surface area contributed by atoms with Crippen LogP contribution in [0.5, 0.6) is 0 Å². The van der Waals surface area contributed by atoms with Crippen molar-refractivity contribution in [2.75, 3.05) is 0 Å². The summed E-state index contributed by atoms with van der Waals surface area (Å²) in [4.78, 5) is 8.50. The molecule has 4 heteroatoms. The van der Waals surface area contributed by atoms with Crippen molar-refractivity contribution >= 4 is 11.0 Å². The number of nitrogens with two attached hydrogens (primary N) is 1. The lowest BCUT2D eigenvalue weighted by Crippen LogP contribution is -2.12. The predicted molar refractivity (Wildman–Crippen MR) is 76.7 cm³/mol. The Kier molecular flexibility index (Phi) is 3.16. The van der Waals surface area contributed by atoms with Crippen LogP contribution in [0.25, 0.3) is 11.0 Å². The molecule has 3 nitrogen and oxygen atoms in total. The number of fused-ring (bicyclic) bond motifs is 1. The third-order valence-electron chi connectivity index (χ3n) is 3.39. The van der Waals surface area contributed by atoms with E-state index in [0.29, 0.717) is 5.56 Å². The minimum atomic E-state index is -0.305. The van der Waals surface area contributed by atoms with Gasteiger partial charge in [0.1, 0.15) is 5.82 Å². The number of hydrogen-bond acceptors (Lipinski definition) is 3. The third-order valence-corrected chi connectivity index (χ3v) is 3.39. The van der Waals surface area contributed by atoms with Crippen molar-refractivity contribution < 1.29 is 4.39 Å². The maximum absolute atomic E-state index is 13.3. The molecule has 2 N–H and O–H groups in total. The van der Waals surface area contributed by atoms with Crippen LogP contribution in [-0.2, 0) is 0 Å². The zero-order valence-corrected chi connectivity index (χ0v) is 11.0. The van der Waals surface area contributed by atoms with Crippen LogP contribution >= 0.6 is 0 Å². The summed E-state index contributed by atoms with van der Waals surface area (Å²) in [5.74, 6) is -0.217. The van der Waals surface area contributed by atoms with Crippen LogP contribution in [0.4, 0.5) is 4.39 Å². The first kappa shape index (κ1) is 12.7. The van der Waals surface area contributed by atoms with Crippen LogP contribution in [-0.4, -0.2) is 9.97 Å². The fourth-order valence-electron chi connectivity index (χ4n) is 2.23. The van der Waals surface area contributed by atoms with E-state index in [1.807, 2.05) is 18.2 Å². The maximum Gasteiger partial charge on any atom is 0.126 e. The maximum atomic E-state index is 13.3. The monoisotopic (exact) mass is 267 g/mol. The highest BCUT2D eigenvalue weighted by Crippen LogP contribution is 2.23. The number of aromatic nitrogens is 2. The van der Waals surface area contributed by atoms with Crippen molar-refractivity contribution in [1.82, 2.24) is 9.97 Å². The molecule has 0 bridgehead atoms. The Balaban J connectivity index is 2.02. The van der Waals surface area contributed by atoms with Gasteiger partial charge < -0.3 is 5.73 Å². The van der Waals surface area contributed by atoms with Gasteiger partial charge in [0, 0.05) is 12.4 Å². The standard InChI is InChI=1S/C16H14FN3/c1-10-8-11(2-4-13(10)17)16(18)12-3-5-14-15(9-12)20-7-6-19-14/h2-9,16H,18H2,1H3. The molecule has 0 aliphatic rings. The normalized spacial score (nSPS) is 12.6. The second kappa shape index (κ2) is 4.98. The molecule has 1 unspecified atom stereocenters. The molecule has 100 valence electrons. The summed E-state index contributed by atoms with van der Waals surface area (Å²) in [6.07, 6.45) is 3.31. The number of halogens is 1. The quantitative estimate of drug-likeness (QED) is 0.776. The number of hydrogen-bond donors (Lipinski definition) is 1. The van der Waals surface area contributed by atoms with Crippen molar-refractivity contribution in [1.29, 1.82) is 0 Å². The van der Waals surface area contributed by atoms with Gasteiger partial charge in [-0.2, -0.15) is 0 Å². The van der Waals surface area contributed by atoms with Crippen LogP contribution in [0.15, 0.2) is 48.8 Å². The van der Waals surface area contributed by atoms with E-state index in [2.05, 4.69) is 9.97 Å². The Morgan fingerprint density at radius 2 is 1.60 bits per heavy atom. The Morgan fingerprint density at radius 1 is 0.950 bits per heavy atom. The summed E-state index contributed by atoms with van der Waals surface area (Å²) in [5, 5.41) is 0. The predicted octanol–water partition coefficient (Wildman–Crippen LogP) is 3.13. The summed E-state index contributed by atoms with van der Waals surface area (Å²) in [7, 11) is 0. The Hall–Kier alpha value is -2.33. The highest BCUT2D eigenvalue weighted by atomic mass is 19.1. The smallest absolute Gasteiger partial charge is 0.126 e. The molecule has 3 rings (SSSR count). The molecule has 0 saturated carbocycles. The van der Waals surface area contributed by atoms with Gasteiger partial charge in [-0.3, -0.25) is 9.97 Å². The average Bonchev–Trinajstić information content (AvgIpc) is 2.49. The van der Waals surface area contributed by atoms with E-state index >= 15 is 0 Å². The largest absolute Gasteiger partial charge is 0.320 e. The van der Waals surface area contributed by atoms with Gasteiger partial charge in [0.15, 0.2) is 0 Å². The van der Waals surface area contributed by atoms with Crippen molar-refractivity contribution in [3.8, 4) is 0 Å². The molecule has 2 aromatic carbocycles. The van der Waals surface area contributed by atoms with E-state index in [-0.39, 0.29) is 11.9 Å². The van der Waals surface area contributed by atoms with Crippen LogP contribution in [0.1, 0.15) is 22.7 Å². The van der Waals surface area contributed by atoms with Crippen LogP contribution in [0.2, 0.25) is 0 Å². The van der Waals surface area contributed by atoms with Crippen LogP contribution in [0, 0.1) is 12.7 Å². The summed E-state index contributed by atoms with van der Waals surface area (Å²) >= 11 is 0. The van der Waals surface area contributed by atoms with Crippen molar-refractivity contribution in [2.45, 2.75) is 13.0 Å². The number of benzene rings is 2. The molecule has 3 aromatic rings. The molecule has 0 saturated heterocycles. The van der Waals surface area contributed by atoms with Gasteiger partial charge in [-0.1, -0.05) is 18.2 Å². The molecule has 0 fully saturated rings. The molecule has 1 heterocycles. The lowest BCUT2D eigenvalue weighted by molar-refractivity contribution is 0.617. The van der Waals surface area contributed by atoms with E-state index in [1.54, 1.807) is 31.5 Å². The molecule has 1 aromatic heterocycles. The van der Waals surface area contributed by atoms with E-state index in [9.17, 15) is 4.39 Å². The van der Waals surface area contributed by atoms with Gasteiger partial charge in [-0.15, -0.1) is 0 Å². The van der Waals surface area contributed by atoms with E-state index < -0.39 is 0 Å². The highest BCUT2D eigenvalue weighted by molar-refractivity contribution is 5.74. The molecule has 0 spiro atoms. The molecule has 1 atom stereocenters. The summed E-state index contributed by atoms with van der Waals surface area (Å²) in [6, 6.07) is 10.4. The molecular formula is C16H14FN3. The first-order valence-electron chi connectivity index (χ1n) is 6.37. The number of nitrogens with zero attached hydrogens (tertiary/aromatic N) is 2. The van der Waals surface area contributed by atoms with Crippen molar-refractivity contribution in [3.05, 3.63) is 71.3 Å². The zero-order valence-electron chi connectivity index (χ0n) is 11.0. The van der Waals surface area contributed by atoms with Gasteiger partial charge in [0.2, 0.25) is 0 Å². The number of rotatable bonds is 2. The topological polar surface area (TPSA) is 51.8 Å². The van der Waals surface area contributed by atoms with E-state index in [0.717, 1.165) is 22.2 Å². The highest BCUT2D eigenvalue weighted by Gasteiger charge is 2.11. The van der Waals surface area contributed by atoms with Gasteiger partial charge in [-0.05, 0) is 41.8 Å². The summed E-state index contributed by atoms with van der Waals surface area (Å²) in [5.41, 5.74) is 10.3. The first-order valence-corrected chi connectivity index (χ1v) is 6.37. The molecule has 0 aliphatic heterocycles. The molecule has 0 aliphatic carbocycles. The Bertz CT molecular complexity index is 771. The van der Waals surface area contributed by atoms with Gasteiger partial charge in [0.05, 0.1) is 17.1 Å². The van der Waals surface area contributed by atoms with Gasteiger partial charge in [-0.25, -0.2) is 4.39 Å². The van der Waals surface area contributed by atoms with E-state index in [4.69, 9.17) is 5.73 Å². The van der Waals surface area contributed by atoms with Gasteiger partial charge >= 0.3 is 0 Å². The second-order valence-electron chi connectivity index (χ2n) is 4.79. The van der Waals surface area contributed by atoms with E-state index in [1.165, 1.54) is 6.07 Å². The lowest BCUT2D eigenvalue weighted by Gasteiger charge is -2.14. The zero-order chi connectivity index (χ0) is 14.1. The third kappa shape index (κ3) is 2.26. The summed E-state index contributed by atoms with van der Waals surface area (Å²) in [6.45, 7) is 1.73. The Morgan fingerprint density at radius 3 is 2.35 bits per heavy atom.